The maximum absolute atomic E-state index is 12.4. The highest BCUT2D eigenvalue weighted by atomic mass is 32.2. The predicted octanol–water partition coefficient (Wildman–Crippen LogP) is 2.31. The van der Waals surface area contributed by atoms with Crippen molar-refractivity contribution in [2.45, 2.75) is 31.7 Å². The van der Waals surface area contributed by atoms with Crippen LogP contribution in [0.25, 0.3) is 0 Å². The number of rotatable bonds is 2. The van der Waals surface area contributed by atoms with E-state index >= 15 is 0 Å². The fraction of sp³-hybridized carbons (Fsp3) is 0.556. The van der Waals surface area contributed by atoms with Crippen LogP contribution >= 0.6 is 0 Å². The number of nitrogens with zero attached hydrogens (tertiary/aromatic N) is 2. The van der Waals surface area contributed by atoms with Crippen LogP contribution in [0.2, 0.25) is 0 Å². The van der Waals surface area contributed by atoms with Gasteiger partial charge < -0.3 is 9.54 Å². The van der Waals surface area contributed by atoms with Crippen LogP contribution in [0.4, 0.5) is 13.2 Å². The van der Waals surface area contributed by atoms with E-state index < -0.39 is 28.0 Å². The van der Waals surface area contributed by atoms with Crippen LogP contribution in [0, 0.1) is 0 Å². The van der Waals surface area contributed by atoms with Crippen LogP contribution in [0.15, 0.2) is 10.7 Å². The molecule has 0 spiro atoms. The minimum atomic E-state index is -4.55. The molecular formula is C9H12F3N3OS. The molecule has 0 saturated heterocycles. The zero-order valence-electron chi connectivity index (χ0n) is 9.50. The summed E-state index contributed by atoms with van der Waals surface area (Å²) in [6, 6.07) is 0. The quantitative estimate of drug-likeness (QED) is 0.660. The van der Waals surface area contributed by atoms with E-state index in [1.807, 2.05) is 0 Å². The van der Waals surface area contributed by atoms with E-state index in [0.29, 0.717) is 0 Å². The van der Waals surface area contributed by atoms with Gasteiger partial charge in [0.2, 0.25) is 0 Å². The predicted molar refractivity (Wildman–Crippen MR) is 59.1 cm³/mol. The highest BCUT2D eigenvalue weighted by Gasteiger charge is 2.36. The lowest BCUT2D eigenvalue weighted by atomic mass is 10.3. The molecule has 1 atom stereocenters. The average molecular weight is 267 g/mol. The first-order valence-corrected chi connectivity index (χ1v) is 5.79. The van der Waals surface area contributed by atoms with Crippen LogP contribution in [-0.2, 0) is 17.5 Å². The third-order valence-electron chi connectivity index (χ3n) is 1.74. The van der Waals surface area contributed by atoms with Crippen LogP contribution in [-0.4, -0.2) is 25.5 Å². The smallest absolute Gasteiger partial charge is 0.435 e. The van der Waals surface area contributed by atoms with Gasteiger partial charge in [0.1, 0.15) is 22.3 Å². The number of halogens is 3. The average Bonchev–Trinajstić information content (AvgIpc) is 2.59. The molecule has 8 heteroatoms. The maximum Gasteiger partial charge on any atom is 0.435 e. The number of aromatic amines is 1. The zero-order chi connectivity index (χ0) is 13.3. The van der Waals surface area contributed by atoms with Crippen molar-refractivity contribution in [3.8, 4) is 0 Å². The molecule has 1 heterocycles. The van der Waals surface area contributed by atoms with Gasteiger partial charge in [0.15, 0.2) is 5.69 Å². The van der Waals surface area contributed by atoms with E-state index in [9.17, 15) is 17.7 Å². The van der Waals surface area contributed by atoms with Crippen LogP contribution < -0.4 is 0 Å². The SMILES string of the molecule is CC(C)(C)[S+]([O-])/N=C/c1[nH]cnc1C(F)(F)F. The third kappa shape index (κ3) is 3.74. The van der Waals surface area contributed by atoms with Gasteiger partial charge in [-0.05, 0) is 20.8 Å². The minimum absolute atomic E-state index is 0.296. The Bertz CT molecular complexity index is 408. The van der Waals surface area contributed by atoms with E-state index in [0.717, 1.165) is 12.5 Å². The van der Waals surface area contributed by atoms with Crippen molar-refractivity contribution in [1.82, 2.24) is 9.97 Å². The number of imidazole rings is 1. The molecule has 0 saturated carbocycles. The molecule has 0 aliphatic heterocycles. The molecule has 1 N–H and O–H groups in total. The summed E-state index contributed by atoms with van der Waals surface area (Å²) in [6.45, 7) is 5.04. The Kier molecular flexibility index (Phi) is 3.88. The summed E-state index contributed by atoms with van der Waals surface area (Å²) in [5.74, 6) is 0. The molecule has 1 rings (SSSR count). The fourth-order valence-corrected chi connectivity index (χ4v) is 1.40. The van der Waals surface area contributed by atoms with Crippen molar-refractivity contribution in [2.75, 3.05) is 0 Å². The summed E-state index contributed by atoms with van der Waals surface area (Å²) in [5.41, 5.74) is -1.36. The van der Waals surface area contributed by atoms with E-state index in [-0.39, 0.29) is 5.69 Å². The van der Waals surface area contributed by atoms with Gasteiger partial charge in [-0.3, -0.25) is 0 Å². The summed E-state index contributed by atoms with van der Waals surface area (Å²) >= 11 is -1.60. The highest BCUT2D eigenvalue weighted by Crippen LogP contribution is 2.29. The van der Waals surface area contributed by atoms with Crippen molar-refractivity contribution in [3.05, 3.63) is 17.7 Å². The van der Waals surface area contributed by atoms with Gasteiger partial charge in [0, 0.05) is 0 Å². The Morgan fingerprint density at radius 1 is 1.41 bits per heavy atom. The Hall–Kier alpha value is -1.02. The lowest BCUT2D eigenvalue weighted by Gasteiger charge is -2.17. The molecule has 0 bridgehead atoms. The monoisotopic (exact) mass is 267 g/mol. The molecule has 0 aromatic carbocycles. The van der Waals surface area contributed by atoms with Gasteiger partial charge in [-0.1, -0.05) is 4.40 Å². The lowest BCUT2D eigenvalue weighted by molar-refractivity contribution is -0.140. The van der Waals surface area contributed by atoms with Crippen molar-refractivity contribution in [3.63, 3.8) is 0 Å². The third-order valence-corrected chi connectivity index (χ3v) is 3.08. The Morgan fingerprint density at radius 2 is 2.00 bits per heavy atom. The van der Waals surface area contributed by atoms with Gasteiger partial charge in [0.05, 0.1) is 12.0 Å². The molecular weight excluding hydrogens is 255 g/mol. The van der Waals surface area contributed by atoms with E-state index in [1.54, 1.807) is 20.8 Å². The molecule has 1 aromatic rings. The summed E-state index contributed by atoms with van der Waals surface area (Å²) in [7, 11) is 0. The largest absolute Gasteiger partial charge is 0.591 e. The summed E-state index contributed by atoms with van der Waals surface area (Å²) in [5, 5.41) is 0. The van der Waals surface area contributed by atoms with E-state index in [1.165, 1.54) is 0 Å². The summed E-state index contributed by atoms with van der Waals surface area (Å²) < 4.78 is 51.8. The minimum Gasteiger partial charge on any atom is -0.591 e. The number of H-pyrrole nitrogens is 1. The second-order valence-electron chi connectivity index (χ2n) is 4.26. The summed E-state index contributed by atoms with van der Waals surface area (Å²) in [4.78, 5) is 5.46. The van der Waals surface area contributed by atoms with Crippen molar-refractivity contribution >= 4 is 17.6 Å². The van der Waals surface area contributed by atoms with Gasteiger partial charge in [-0.25, -0.2) is 4.98 Å². The molecule has 0 aliphatic rings. The molecule has 0 fully saturated rings. The van der Waals surface area contributed by atoms with Crippen LogP contribution in [0.1, 0.15) is 32.2 Å². The first-order chi connectivity index (χ1) is 7.62. The Labute approximate surface area is 99.7 Å². The van der Waals surface area contributed by atoms with Crippen LogP contribution in [0.3, 0.4) is 0 Å². The van der Waals surface area contributed by atoms with E-state index in [4.69, 9.17) is 0 Å². The van der Waals surface area contributed by atoms with Crippen molar-refractivity contribution in [1.29, 1.82) is 0 Å². The maximum atomic E-state index is 12.4. The van der Waals surface area contributed by atoms with Gasteiger partial charge in [-0.15, -0.1) is 0 Å². The Balaban J connectivity index is 2.90. The summed E-state index contributed by atoms with van der Waals surface area (Å²) in [6.07, 6.45) is -2.73. The van der Waals surface area contributed by atoms with Gasteiger partial charge >= 0.3 is 6.18 Å². The number of hydrogen-bond donors (Lipinski definition) is 1. The number of hydrogen-bond acceptors (Lipinski definition) is 3. The van der Waals surface area contributed by atoms with Gasteiger partial charge in [-0.2, -0.15) is 13.2 Å². The molecule has 96 valence electrons. The first-order valence-electron chi connectivity index (χ1n) is 4.69. The molecule has 17 heavy (non-hydrogen) atoms. The molecule has 1 unspecified atom stereocenters. The van der Waals surface area contributed by atoms with Crippen molar-refractivity contribution in [2.24, 2.45) is 4.40 Å². The number of nitrogens with one attached hydrogen (secondary N) is 1. The van der Waals surface area contributed by atoms with Crippen molar-refractivity contribution < 1.29 is 17.7 Å². The number of alkyl halides is 3. The molecule has 0 radical (unpaired) electrons. The standard InChI is InChI=1S/C9H12F3N3OS/c1-8(2,3)17(16)15-4-6-7(9(10,11)12)14-5-13-6/h4-5H,1-3H3,(H,13,14)/b15-4+. The first kappa shape index (κ1) is 14.0. The normalized spacial score (nSPS) is 15.5. The zero-order valence-corrected chi connectivity index (χ0v) is 10.3. The van der Waals surface area contributed by atoms with E-state index in [2.05, 4.69) is 14.4 Å². The second kappa shape index (κ2) is 4.69. The topological polar surface area (TPSA) is 64.1 Å². The molecule has 0 aliphatic carbocycles. The highest BCUT2D eigenvalue weighted by molar-refractivity contribution is 7.91. The Morgan fingerprint density at radius 3 is 2.47 bits per heavy atom. The molecule has 4 nitrogen and oxygen atoms in total. The molecule has 0 amide bonds. The lowest BCUT2D eigenvalue weighted by Crippen LogP contribution is -2.26. The van der Waals surface area contributed by atoms with Gasteiger partial charge in [0.25, 0.3) is 0 Å². The van der Waals surface area contributed by atoms with Crippen LogP contribution in [0.5, 0.6) is 0 Å². The molecule has 1 aromatic heterocycles. The second-order valence-corrected chi connectivity index (χ2v) is 6.19. The number of aromatic nitrogens is 2. The fourth-order valence-electron chi connectivity index (χ4n) is 0.887.